The number of aliphatic carboxylic acids is 1. The van der Waals surface area contributed by atoms with Crippen molar-refractivity contribution in [3.05, 3.63) is 0 Å². The van der Waals surface area contributed by atoms with Crippen molar-refractivity contribution in [2.75, 3.05) is 19.8 Å². The lowest BCUT2D eigenvalue weighted by atomic mass is 10.1. The fraction of sp³-hybridized carbons (Fsp3) is 0.895. The Hall–Kier alpha value is -1.30. The van der Waals surface area contributed by atoms with Gasteiger partial charge in [-0.2, -0.15) is 0 Å². The van der Waals surface area contributed by atoms with E-state index in [1.807, 2.05) is 0 Å². The van der Waals surface area contributed by atoms with Gasteiger partial charge in [-0.15, -0.1) is 0 Å². The molecular formula is C19H36N2O4. The molecule has 146 valence electrons. The molecule has 25 heavy (non-hydrogen) atoms. The minimum absolute atomic E-state index is 0.0465. The van der Waals surface area contributed by atoms with Gasteiger partial charge in [0.15, 0.2) is 0 Å². The zero-order chi connectivity index (χ0) is 18.2. The highest BCUT2D eigenvalue weighted by Crippen LogP contribution is 2.11. The number of urea groups is 1. The molecule has 1 heterocycles. The Balaban J connectivity index is 1.76. The first-order valence-corrected chi connectivity index (χ1v) is 10.0. The largest absolute Gasteiger partial charge is 0.481 e. The quantitative estimate of drug-likeness (QED) is 0.413. The average Bonchev–Trinajstić information content (AvgIpc) is 2.59. The summed E-state index contributed by atoms with van der Waals surface area (Å²) in [6.45, 7) is 2.24. The van der Waals surface area contributed by atoms with Gasteiger partial charge in [-0.3, -0.25) is 4.79 Å². The molecule has 0 bridgehead atoms. The van der Waals surface area contributed by atoms with Gasteiger partial charge < -0.3 is 20.5 Å². The van der Waals surface area contributed by atoms with Crippen LogP contribution in [-0.4, -0.2) is 42.9 Å². The maximum Gasteiger partial charge on any atom is 0.315 e. The summed E-state index contributed by atoms with van der Waals surface area (Å²) in [6, 6.07) is 0.215. The molecule has 0 aromatic carbocycles. The third kappa shape index (κ3) is 13.6. The number of hydrogen-bond donors (Lipinski definition) is 3. The van der Waals surface area contributed by atoms with Crippen molar-refractivity contribution in [2.45, 2.75) is 89.5 Å². The lowest BCUT2D eigenvalue weighted by Crippen LogP contribution is -2.44. The van der Waals surface area contributed by atoms with Crippen LogP contribution in [0.1, 0.15) is 83.5 Å². The molecule has 1 fully saturated rings. The van der Waals surface area contributed by atoms with E-state index in [2.05, 4.69) is 10.6 Å². The Kier molecular flexibility index (Phi) is 13.0. The monoisotopic (exact) mass is 356 g/mol. The van der Waals surface area contributed by atoms with Gasteiger partial charge in [0.05, 0.1) is 0 Å². The predicted octanol–water partition coefficient (Wildman–Crippen LogP) is 3.84. The van der Waals surface area contributed by atoms with Crippen LogP contribution in [0.25, 0.3) is 0 Å². The van der Waals surface area contributed by atoms with E-state index in [9.17, 15) is 9.59 Å². The van der Waals surface area contributed by atoms with Gasteiger partial charge in [-0.05, 0) is 25.7 Å². The molecule has 2 amide bonds. The number of carbonyl (C=O) groups excluding carboxylic acids is 1. The molecule has 0 radical (unpaired) electrons. The van der Waals surface area contributed by atoms with Crippen LogP contribution in [0.4, 0.5) is 4.79 Å². The normalized spacial score (nSPS) is 15.0. The van der Waals surface area contributed by atoms with E-state index < -0.39 is 5.97 Å². The summed E-state index contributed by atoms with van der Waals surface area (Å²) >= 11 is 0. The predicted molar refractivity (Wildman–Crippen MR) is 98.8 cm³/mol. The maximum atomic E-state index is 11.7. The number of amides is 2. The molecule has 0 atom stereocenters. The molecule has 0 aromatic heterocycles. The Labute approximate surface area is 152 Å². The third-order valence-electron chi connectivity index (χ3n) is 4.66. The minimum Gasteiger partial charge on any atom is -0.481 e. The van der Waals surface area contributed by atoms with Gasteiger partial charge in [0.25, 0.3) is 0 Å². The maximum absolute atomic E-state index is 11.7. The van der Waals surface area contributed by atoms with Crippen molar-refractivity contribution >= 4 is 12.0 Å². The molecule has 1 saturated heterocycles. The van der Waals surface area contributed by atoms with Gasteiger partial charge in [0.2, 0.25) is 0 Å². The van der Waals surface area contributed by atoms with Crippen LogP contribution in [-0.2, 0) is 9.53 Å². The molecule has 0 aliphatic carbocycles. The number of carboxylic acids is 1. The van der Waals surface area contributed by atoms with Gasteiger partial charge in [0.1, 0.15) is 0 Å². The lowest BCUT2D eigenvalue weighted by Gasteiger charge is -2.23. The number of ether oxygens (including phenoxy) is 1. The van der Waals surface area contributed by atoms with Gasteiger partial charge in [-0.1, -0.05) is 51.4 Å². The van der Waals surface area contributed by atoms with E-state index in [1.165, 1.54) is 32.1 Å². The second-order valence-electron chi connectivity index (χ2n) is 6.97. The Morgan fingerprint density at radius 1 is 0.840 bits per heavy atom. The van der Waals surface area contributed by atoms with Gasteiger partial charge in [0, 0.05) is 32.2 Å². The zero-order valence-corrected chi connectivity index (χ0v) is 15.6. The zero-order valence-electron chi connectivity index (χ0n) is 15.6. The number of hydrogen-bond acceptors (Lipinski definition) is 3. The number of rotatable bonds is 14. The highest BCUT2D eigenvalue weighted by molar-refractivity contribution is 5.74. The van der Waals surface area contributed by atoms with E-state index in [0.29, 0.717) is 6.42 Å². The summed E-state index contributed by atoms with van der Waals surface area (Å²) < 4.78 is 5.27. The minimum atomic E-state index is -0.685. The topological polar surface area (TPSA) is 87.7 Å². The van der Waals surface area contributed by atoms with E-state index in [1.54, 1.807) is 0 Å². The lowest BCUT2D eigenvalue weighted by molar-refractivity contribution is -0.137. The molecule has 6 nitrogen and oxygen atoms in total. The summed E-state index contributed by atoms with van der Waals surface area (Å²) in [7, 11) is 0. The van der Waals surface area contributed by atoms with Crippen LogP contribution in [0.5, 0.6) is 0 Å². The summed E-state index contributed by atoms with van der Waals surface area (Å²) in [6.07, 6.45) is 13.5. The summed E-state index contributed by atoms with van der Waals surface area (Å²) in [4.78, 5) is 22.1. The Morgan fingerprint density at radius 2 is 1.36 bits per heavy atom. The molecule has 0 spiro atoms. The first-order chi connectivity index (χ1) is 12.2. The van der Waals surface area contributed by atoms with Crippen molar-refractivity contribution in [3.8, 4) is 0 Å². The molecule has 1 aliphatic heterocycles. The Morgan fingerprint density at radius 3 is 1.92 bits per heavy atom. The Bertz CT molecular complexity index is 357. The second kappa shape index (κ2) is 15.0. The van der Waals surface area contributed by atoms with Crippen LogP contribution in [0, 0.1) is 0 Å². The van der Waals surface area contributed by atoms with Crippen molar-refractivity contribution in [3.63, 3.8) is 0 Å². The molecule has 3 N–H and O–H groups in total. The standard InChI is InChI=1S/C19H36N2O4/c22-18(23)11-9-7-5-3-1-2-4-6-8-10-14-20-19(24)21-17-12-15-25-16-13-17/h17H,1-16H2,(H,22,23)(H2,20,21,24). The van der Waals surface area contributed by atoms with E-state index in [0.717, 1.165) is 64.7 Å². The second-order valence-corrected chi connectivity index (χ2v) is 6.97. The number of carbonyl (C=O) groups is 2. The van der Waals surface area contributed by atoms with Crippen LogP contribution >= 0.6 is 0 Å². The number of carboxylic acid groups (broad SMARTS) is 1. The van der Waals surface area contributed by atoms with Crippen molar-refractivity contribution in [2.24, 2.45) is 0 Å². The van der Waals surface area contributed by atoms with Crippen LogP contribution in [0.15, 0.2) is 0 Å². The molecule has 1 rings (SSSR count). The summed E-state index contributed by atoms with van der Waals surface area (Å²) in [5, 5.41) is 14.5. The molecule has 0 saturated carbocycles. The molecule has 6 heteroatoms. The molecule has 0 unspecified atom stereocenters. The van der Waals surface area contributed by atoms with Gasteiger partial charge in [-0.25, -0.2) is 4.79 Å². The van der Waals surface area contributed by atoms with Crippen molar-refractivity contribution in [1.29, 1.82) is 0 Å². The third-order valence-corrected chi connectivity index (χ3v) is 4.66. The average molecular weight is 357 g/mol. The fourth-order valence-electron chi connectivity index (χ4n) is 3.10. The van der Waals surface area contributed by atoms with E-state index in [-0.39, 0.29) is 12.1 Å². The van der Waals surface area contributed by atoms with Gasteiger partial charge >= 0.3 is 12.0 Å². The van der Waals surface area contributed by atoms with Crippen LogP contribution in [0.2, 0.25) is 0 Å². The van der Waals surface area contributed by atoms with E-state index >= 15 is 0 Å². The fourth-order valence-corrected chi connectivity index (χ4v) is 3.10. The first kappa shape index (κ1) is 21.7. The number of nitrogens with one attached hydrogen (secondary N) is 2. The smallest absolute Gasteiger partial charge is 0.315 e. The first-order valence-electron chi connectivity index (χ1n) is 10.0. The SMILES string of the molecule is O=C(O)CCCCCCCCCCCCNC(=O)NC1CCOCC1. The summed E-state index contributed by atoms with van der Waals surface area (Å²) in [5.41, 5.74) is 0. The van der Waals surface area contributed by atoms with Crippen molar-refractivity contribution < 1.29 is 19.4 Å². The number of unbranched alkanes of at least 4 members (excludes halogenated alkanes) is 9. The van der Waals surface area contributed by atoms with Crippen LogP contribution < -0.4 is 10.6 Å². The molecule has 1 aliphatic rings. The molecule has 0 aromatic rings. The van der Waals surface area contributed by atoms with Crippen LogP contribution in [0.3, 0.4) is 0 Å². The summed E-state index contributed by atoms with van der Waals surface area (Å²) in [5.74, 6) is -0.685. The van der Waals surface area contributed by atoms with E-state index in [4.69, 9.17) is 9.84 Å². The highest BCUT2D eigenvalue weighted by Gasteiger charge is 2.15. The molecular weight excluding hydrogens is 320 g/mol. The highest BCUT2D eigenvalue weighted by atomic mass is 16.5. The van der Waals surface area contributed by atoms with Crippen molar-refractivity contribution in [1.82, 2.24) is 10.6 Å².